The third-order valence-corrected chi connectivity index (χ3v) is 3.98. The minimum atomic E-state index is -2.67. The molecule has 7 heteroatoms. The van der Waals surface area contributed by atoms with E-state index >= 15 is 0 Å². The summed E-state index contributed by atoms with van der Waals surface area (Å²) in [5, 5.41) is 7.59. The predicted molar refractivity (Wildman–Crippen MR) is 62.5 cm³/mol. The molecule has 0 N–H and O–H groups in total. The normalized spacial score (nSPS) is 27.1. The number of alkyl halides is 2. The molecule has 0 bridgehead atoms. The smallest absolute Gasteiger partial charge is 0.248 e. The minimum absolute atomic E-state index is 0.0850. The van der Waals surface area contributed by atoms with Gasteiger partial charge in [-0.3, -0.25) is 4.79 Å². The fraction of sp³-hybridized carbons (Fsp3) is 0.750. The third-order valence-electron chi connectivity index (χ3n) is 3.98. The number of hydrogen-bond donors (Lipinski definition) is 0. The molecule has 1 aromatic rings. The zero-order valence-corrected chi connectivity index (χ0v) is 10.5. The van der Waals surface area contributed by atoms with Crippen molar-refractivity contribution in [3.63, 3.8) is 0 Å². The topological polar surface area (TPSA) is 51.0 Å². The number of nitrogens with zero attached hydrogens (tertiary/aromatic N) is 4. The van der Waals surface area contributed by atoms with Gasteiger partial charge >= 0.3 is 0 Å². The lowest BCUT2D eigenvalue weighted by atomic mass is 9.85. The van der Waals surface area contributed by atoms with E-state index in [0.29, 0.717) is 25.9 Å². The maximum absolute atomic E-state index is 13.3. The molecule has 0 radical (unpaired) electrons. The van der Waals surface area contributed by atoms with Crippen molar-refractivity contribution in [2.45, 2.75) is 37.6 Å². The van der Waals surface area contributed by atoms with Gasteiger partial charge in [0.15, 0.2) is 0 Å². The molecule has 1 aliphatic carbocycles. The fourth-order valence-corrected chi connectivity index (χ4v) is 2.86. The van der Waals surface area contributed by atoms with Crippen LogP contribution >= 0.6 is 0 Å². The quantitative estimate of drug-likeness (QED) is 0.818. The van der Waals surface area contributed by atoms with Gasteiger partial charge in [0.05, 0.1) is 12.2 Å². The summed E-state index contributed by atoms with van der Waals surface area (Å²) in [4.78, 5) is 13.8. The van der Waals surface area contributed by atoms with Gasteiger partial charge in [0, 0.05) is 38.0 Å². The van der Waals surface area contributed by atoms with Gasteiger partial charge in [-0.1, -0.05) is 5.21 Å². The fourth-order valence-electron chi connectivity index (χ4n) is 2.86. The molecular formula is C12H16F2N4O. The summed E-state index contributed by atoms with van der Waals surface area (Å²) >= 11 is 0. The van der Waals surface area contributed by atoms with E-state index in [1.165, 1.54) is 0 Å². The summed E-state index contributed by atoms with van der Waals surface area (Å²) in [7, 11) is 0. The molecule has 1 saturated carbocycles. The Morgan fingerprint density at radius 3 is 2.79 bits per heavy atom. The number of likely N-dealkylation sites (tertiary alicyclic amines) is 1. The van der Waals surface area contributed by atoms with Gasteiger partial charge in [-0.05, 0) is 12.8 Å². The highest BCUT2D eigenvalue weighted by atomic mass is 19.3. The van der Waals surface area contributed by atoms with Crippen molar-refractivity contribution >= 4 is 5.91 Å². The summed E-state index contributed by atoms with van der Waals surface area (Å²) in [6.45, 7) is 1.09. The van der Waals surface area contributed by atoms with E-state index in [9.17, 15) is 13.6 Å². The van der Waals surface area contributed by atoms with Gasteiger partial charge in [0.2, 0.25) is 11.8 Å². The summed E-state index contributed by atoms with van der Waals surface area (Å²) in [5.74, 6) is -3.31. The molecule has 2 fully saturated rings. The van der Waals surface area contributed by atoms with Crippen LogP contribution < -0.4 is 0 Å². The first-order chi connectivity index (χ1) is 9.05. The van der Waals surface area contributed by atoms with E-state index in [0.717, 1.165) is 0 Å². The minimum Gasteiger partial charge on any atom is -0.338 e. The highest BCUT2D eigenvalue weighted by molar-refractivity contribution is 5.79. The summed E-state index contributed by atoms with van der Waals surface area (Å²) in [5.41, 5.74) is 0. The summed E-state index contributed by atoms with van der Waals surface area (Å²) < 4.78 is 28.3. The van der Waals surface area contributed by atoms with E-state index in [4.69, 9.17) is 0 Å². The standard InChI is InChI=1S/C12H16F2N4O/c13-12(14)3-1-2-9(6-12)11(19)17-7-10(8-17)18-5-4-15-16-18/h4-5,9-10H,1-3,6-8H2/t9-/m1/s1. The lowest BCUT2D eigenvalue weighted by Gasteiger charge is -2.42. The van der Waals surface area contributed by atoms with Crippen LogP contribution in [0.2, 0.25) is 0 Å². The van der Waals surface area contributed by atoms with E-state index in [2.05, 4.69) is 10.3 Å². The average molecular weight is 270 g/mol. The Morgan fingerprint density at radius 1 is 1.37 bits per heavy atom. The number of aromatic nitrogens is 3. The summed E-state index contributed by atoms with van der Waals surface area (Å²) in [6.07, 6.45) is 3.98. The van der Waals surface area contributed by atoms with Gasteiger partial charge in [0.25, 0.3) is 0 Å². The Labute approximate surface area is 109 Å². The molecule has 3 rings (SSSR count). The molecule has 104 valence electrons. The summed E-state index contributed by atoms with van der Waals surface area (Å²) in [6, 6.07) is 0.135. The van der Waals surface area contributed by atoms with E-state index in [1.54, 1.807) is 22.0 Å². The second kappa shape index (κ2) is 4.54. The van der Waals surface area contributed by atoms with Crippen LogP contribution in [0.25, 0.3) is 0 Å². The Balaban J connectivity index is 1.55. The Kier molecular flexibility index (Phi) is 2.99. The van der Waals surface area contributed by atoms with Crippen LogP contribution in [0.3, 0.4) is 0 Å². The molecule has 1 aliphatic heterocycles. The Morgan fingerprint density at radius 2 is 2.16 bits per heavy atom. The van der Waals surface area contributed by atoms with Gasteiger partial charge < -0.3 is 4.90 Å². The van der Waals surface area contributed by atoms with E-state index in [1.807, 2.05) is 0 Å². The molecule has 19 heavy (non-hydrogen) atoms. The van der Waals surface area contributed by atoms with E-state index in [-0.39, 0.29) is 24.8 Å². The lowest BCUT2D eigenvalue weighted by Crippen LogP contribution is -2.53. The van der Waals surface area contributed by atoms with Crippen LogP contribution in [-0.2, 0) is 4.79 Å². The molecule has 0 unspecified atom stereocenters. The van der Waals surface area contributed by atoms with Gasteiger partial charge in [0.1, 0.15) is 0 Å². The monoisotopic (exact) mass is 270 g/mol. The first-order valence-electron chi connectivity index (χ1n) is 6.57. The highest BCUT2D eigenvalue weighted by Gasteiger charge is 2.43. The first-order valence-corrected chi connectivity index (χ1v) is 6.57. The largest absolute Gasteiger partial charge is 0.338 e. The van der Waals surface area contributed by atoms with Crippen LogP contribution in [0.15, 0.2) is 12.4 Å². The number of hydrogen-bond acceptors (Lipinski definition) is 3. The Bertz CT molecular complexity index is 456. The van der Waals surface area contributed by atoms with Gasteiger partial charge in [-0.25, -0.2) is 13.5 Å². The third kappa shape index (κ3) is 2.46. The van der Waals surface area contributed by atoms with Crippen LogP contribution in [0.1, 0.15) is 31.7 Å². The molecule has 2 aliphatic rings. The van der Waals surface area contributed by atoms with Crippen molar-refractivity contribution in [1.29, 1.82) is 0 Å². The van der Waals surface area contributed by atoms with Gasteiger partial charge in [-0.2, -0.15) is 0 Å². The van der Waals surface area contributed by atoms with Crippen molar-refractivity contribution in [2.75, 3.05) is 13.1 Å². The van der Waals surface area contributed by atoms with Crippen LogP contribution in [0.5, 0.6) is 0 Å². The average Bonchev–Trinajstić information content (AvgIpc) is 2.79. The molecule has 1 aromatic heterocycles. The molecule has 1 amide bonds. The first kappa shape index (κ1) is 12.5. The SMILES string of the molecule is O=C([C@@H]1CCCC(F)(F)C1)N1CC(n2ccnn2)C1. The van der Waals surface area contributed by atoms with Crippen molar-refractivity contribution < 1.29 is 13.6 Å². The van der Waals surface area contributed by atoms with Gasteiger partial charge in [-0.15, -0.1) is 5.10 Å². The highest BCUT2D eigenvalue weighted by Crippen LogP contribution is 2.38. The molecule has 1 saturated heterocycles. The van der Waals surface area contributed by atoms with Crippen molar-refractivity contribution in [1.82, 2.24) is 19.9 Å². The number of halogens is 2. The maximum Gasteiger partial charge on any atom is 0.248 e. The molecule has 5 nitrogen and oxygen atoms in total. The maximum atomic E-state index is 13.3. The van der Waals surface area contributed by atoms with Crippen molar-refractivity contribution in [3.05, 3.63) is 12.4 Å². The molecular weight excluding hydrogens is 254 g/mol. The molecule has 1 atom stereocenters. The van der Waals surface area contributed by atoms with Crippen molar-refractivity contribution in [2.24, 2.45) is 5.92 Å². The van der Waals surface area contributed by atoms with Crippen LogP contribution in [-0.4, -0.2) is 44.8 Å². The predicted octanol–water partition coefficient (Wildman–Crippen LogP) is 1.49. The number of carbonyl (C=O) groups is 1. The number of amides is 1. The molecule has 0 spiro atoms. The van der Waals surface area contributed by atoms with E-state index < -0.39 is 11.8 Å². The van der Waals surface area contributed by atoms with Crippen LogP contribution in [0, 0.1) is 5.92 Å². The Hall–Kier alpha value is -1.53. The van der Waals surface area contributed by atoms with Crippen molar-refractivity contribution in [3.8, 4) is 0 Å². The second-order valence-corrected chi connectivity index (χ2v) is 5.43. The van der Waals surface area contributed by atoms with Crippen LogP contribution in [0.4, 0.5) is 8.78 Å². The zero-order chi connectivity index (χ0) is 13.5. The lowest BCUT2D eigenvalue weighted by molar-refractivity contribution is -0.148. The number of carbonyl (C=O) groups excluding carboxylic acids is 1. The second-order valence-electron chi connectivity index (χ2n) is 5.43. The molecule has 2 heterocycles. The zero-order valence-electron chi connectivity index (χ0n) is 10.5. The molecule has 0 aromatic carbocycles. The number of rotatable bonds is 2.